The number of nitrogens with one attached hydrogen (secondary N) is 2. The average molecular weight is 826 g/mol. The van der Waals surface area contributed by atoms with E-state index in [0.717, 1.165) is 32.0 Å². The van der Waals surface area contributed by atoms with Crippen LogP contribution in [0.15, 0.2) is 18.2 Å². The monoisotopic (exact) mass is 825 g/mol. The van der Waals surface area contributed by atoms with E-state index in [1.807, 2.05) is 0 Å². The molecule has 25 nitrogen and oxygen atoms in total. The number of aliphatic hydroxyl groups excluding tert-OH is 9. The lowest BCUT2D eigenvalue weighted by atomic mass is 9.88. The Morgan fingerprint density at radius 3 is 2.16 bits per heavy atom. The van der Waals surface area contributed by atoms with E-state index in [1.54, 1.807) is 0 Å². The number of ether oxygens (including phenoxy) is 6. The van der Waals surface area contributed by atoms with Gasteiger partial charge >= 0.3 is 5.97 Å². The molecule has 1 aromatic rings. The minimum absolute atomic E-state index is 0.0814. The molecule has 322 valence electrons. The Morgan fingerprint density at radius 1 is 0.947 bits per heavy atom. The second-order valence-corrected chi connectivity index (χ2v) is 13.6. The van der Waals surface area contributed by atoms with E-state index in [-0.39, 0.29) is 5.56 Å². The van der Waals surface area contributed by atoms with E-state index < -0.39 is 165 Å². The van der Waals surface area contributed by atoms with Crippen molar-refractivity contribution in [3.63, 3.8) is 0 Å². The van der Waals surface area contributed by atoms with Crippen LogP contribution in [0.5, 0.6) is 5.75 Å². The number of rotatable bonds is 16. The van der Waals surface area contributed by atoms with Crippen LogP contribution in [0.25, 0.3) is 0 Å². The molecule has 0 aliphatic carbocycles. The first-order valence-electron chi connectivity index (χ1n) is 17.4. The molecule has 16 atom stereocenters. The fraction of sp³-hybridized carbons (Fsp3) is 0.719. The maximum Gasteiger partial charge on any atom is 0.364 e. The lowest BCUT2D eigenvalue weighted by Crippen LogP contribution is -2.69. The number of benzene rings is 1. The van der Waals surface area contributed by atoms with Crippen LogP contribution in [0.2, 0.25) is 0 Å². The second-order valence-electron chi connectivity index (χ2n) is 13.6. The summed E-state index contributed by atoms with van der Waals surface area (Å²) in [6.45, 7) is -1.45. The van der Waals surface area contributed by atoms with Gasteiger partial charge in [-0.3, -0.25) is 19.7 Å². The standard InChI is InChI=1S/C32H47N3O22/c1-11(38)33-20-16(41)6-32(31(48)49,57-28(20)22(43)17(42)7-36)53-10-19-23(44)25(46)26(47)30(55-19)56-27-18(8-37)54-29(21(24(27)45)34-12(2)39)52-9-13-5-14(35(50)51)3-4-15(13)40/h3-5,16-30,36-37,40-47H,6-10H2,1-2H3,(H,33,38)(H,34,39)(H,48,49)/t16-,17+,18+,19+,20+,21+,22+,23-,24+,25-,26+,27+,28+,29+,30-,32+/m0/s1. The third-order valence-corrected chi connectivity index (χ3v) is 9.53. The summed E-state index contributed by atoms with van der Waals surface area (Å²) in [6.07, 6.45) is -25.6. The van der Waals surface area contributed by atoms with E-state index in [0.29, 0.717) is 0 Å². The largest absolute Gasteiger partial charge is 0.508 e. The molecule has 3 heterocycles. The highest BCUT2D eigenvalue weighted by atomic mass is 16.8. The van der Waals surface area contributed by atoms with Gasteiger partial charge < -0.3 is 95.2 Å². The lowest BCUT2D eigenvalue weighted by molar-refractivity contribution is -0.385. The Bertz CT molecular complexity index is 1570. The van der Waals surface area contributed by atoms with Crippen LogP contribution < -0.4 is 10.6 Å². The highest BCUT2D eigenvalue weighted by Crippen LogP contribution is 2.36. The van der Waals surface area contributed by atoms with Crippen molar-refractivity contribution >= 4 is 23.5 Å². The Labute approximate surface area is 322 Å². The zero-order chi connectivity index (χ0) is 42.5. The second kappa shape index (κ2) is 19.3. The number of nitrogens with zero attached hydrogens (tertiary/aromatic N) is 1. The molecule has 3 fully saturated rings. The maximum absolute atomic E-state index is 12.6. The van der Waals surface area contributed by atoms with Gasteiger partial charge in [0.05, 0.1) is 43.5 Å². The van der Waals surface area contributed by atoms with Gasteiger partial charge in [-0.15, -0.1) is 0 Å². The van der Waals surface area contributed by atoms with E-state index in [4.69, 9.17) is 28.4 Å². The predicted octanol–water partition coefficient (Wildman–Crippen LogP) is -6.24. The molecule has 2 amide bonds. The molecule has 57 heavy (non-hydrogen) atoms. The molecule has 3 aliphatic heterocycles. The van der Waals surface area contributed by atoms with Crippen molar-refractivity contribution in [2.75, 3.05) is 19.8 Å². The third kappa shape index (κ3) is 10.5. The molecule has 4 rings (SSSR count). The van der Waals surface area contributed by atoms with Crippen molar-refractivity contribution in [1.82, 2.24) is 10.6 Å². The van der Waals surface area contributed by atoms with Crippen LogP contribution in [0.1, 0.15) is 25.8 Å². The minimum atomic E-state index is -2.90. The summed E-state index contributed by atoms with van der Waals surface area (Å²) in [4.78, 5) is 47.0. The first kappa shape index (κ1) is 45.9. The third-order valence-electron chi connectivity index (χ3n) is 9.53. The van der Waals surface area contributed by atoms with Gasteiger partial charge in [0.15, 0.2) is 12.6 Å². The quantitative estimate of drug-likeness (QED) is 0.0544. The number of nitro benzene ring substituents is 1. The highest BCUT2D eigenvalue weighted by molar-refractivity contribution is 5.76. The number of nitro groups is 1. The predicted molar refractivity (Wildman–Crippen MR) is 179 cm³/mol. The van der Waals surface area contributed by atoms with Gasteiger partial charge in [0.2, 0.25) is 11.8 Å². The van der Waals surface area contributed by atoms with Crippen LogP contribution in [-0.4, -0.2) is 196 Å². The van der Waals surface area contributed by atoms with Gasteiger partial charge in [-0.05, 0) is 6.07 Å². The number of phenolic OH excluding ortho intramolecular Hbond substituents is 1. The fourth-order valence-electron chi connectivity index (χ4n) is 6.55. The number of amides is 2. The molecule has 0 spiro atoms. The zero-order valence-electron chi connectivity index (χ0n) is 30.3. The van der Waals surface area contributed by atoms with Gasteiger partial charge in [0.25, 0.3) is 11.5 Å². The molecule has 13 N–H and O–H groups in total. The molecule has 0 saturated carbocycles. The molecule has 0 unspecified atom stereocenters. The summed E-state index contributed by atoms with van der Waals surface area (Å²) >= 11 is 0. The maximum atomic E-state index is 12.6. The van der Waals surface area contributed by atoms with Crippen molar-refractivity contribution in [3.8, 4) is 5.75 Å². The molecule has 0 radical (unpaired) electrons. The van der Waals surface area contributed by atoms with Crippen LogP contribution in [0.3, 0.4) is 0 Å². The topological polar surface area (TPSA) is 396 Å². The Kier molecular flexibility index (Phi) is 15.6. The van der Waals surface area contributed by atoms with E-state index in [2.05, 4.69) is 10.6 Å². The molecule has 25 heteroatoms. The number of aliphatic hydroxyl groups is 9. The molecule has 3 saturated heterocycles. The van der Waals surface area contributed by atoms with E-state index in [9.17, 15) is 80.7 Å². The van der Waals surface area contributed by atoms with Crippen LogP contribution in [0.4, 0.5) is 5.69 Å². The number of aliphatic carboxylic acids is 1. The van der Waals surface area contributed by atoms with Gasteiger partial charge in [-0.25, -0.2) is 4.79 Å². The van der Waals surface area contributed by atoms with E-state index >= 15 is 0 Å². The van der Waals surface area contributed by atoms with Gasteiger partial charge in [-0.1, -0.05) is 0 Å². The van der Waals surface area contributed by atoms with Crippen LogP contribution in [0, 0.1) is 10.1 Å². The Morgan fingerprint density at radius 2 is 1.58 bits per heavy atom. The number of hydrogen-bond acceptors (Lipinski definition) is 21. The fourth-order valence-corrected chi connectivity index (χ4v) is 6.55. The number of carbonyl (C=O) groups excluding carboxylic acids is 2. The molecular formula is C32H47N3O22. The SMILES string of the molecule is CC(=O)N[C@H]1[C@H](OCc2cc([N+](=O)[O-])ccc2O)O[C@H](CO)[C@@H](O[C@@H]2O[C@H](CO[C@]3(C(=O)O)C[C@H](O)[C@@H](NC(C)=O)[C@H]([C@H](O)[C@H](O)CO)O3)[C@H](O)[C@H](O)[C@H]2O)[C@@H]1O. The number of aromatic hydroxyl groups is 1. The summed E-state index contributed by atoms with van der Waals surface area (Å²) < 4.78 is 33.8. The van der Waals surface area contributed by atoms with Crippen LogP contribution in [-0.2, 0) is 49.4 Å². The summed E-state index contributed by atoms with van der Waals surface area (Å²) in [5.41, 5.74) is -0.473. The normalized spacial score (nSPS) is 36.8. The first-order valence-corrected chi connectivity index (χ1v) is 17.4. The van der Waals surface area contributed by atoms with Gasteiger partial charge in [0, 0.05) is 38.0 Å². The number of carbonyl (C=O) groups is 3. The number of hydrogen-bond donors (Lipinski definition) is 13. The zero-order valence-corrected chi connectivity index (χ0v) is 30.3. The van der Waals surface area contributed by atoms with Crippen molar-refractivity contribution in [2.24, 2.45) is 0 Å². The molecule has 0 aromatic heterocycles. The minimum Gasteiger partial charge on any atom is -0.508 e. The van der Waals surface area contributed by atoms with Crippen LogP contribution >= 0.6 is 0 Å². The highest BCUT2D eigenvalue weighted by Gasteiger charge is 2.57. The summed E-state index contributed by atoms with van der Waals surface area (Å²) in [6, 6.07) is 0.0365. The summed E-state index contributed by atoms with van der Waals surface area (Å²) in [5.74, 6) is -6.68. The van der Waals surface area contributed by atoms with Crippen molar-refractivity contribution in [3.05, 3.63) is 33.9 Å². The smallest absolute Gasteiger partial charge is 0.364 e. The average Bonchev–Trinajstić information content (AvgIpc) is 3.15. The molecular weight excluding hydrogens is 778 g/mol. The molecule has 0 bridgehead atoms. The lowest BCUT2D eigenvalue weighted by Gasteiger charge is -2.48. The first-order chi connectivity index (χ1) is 26.7. The van der Waals surface area contributed by atoms with Crippen molar-refractivity contribution in [1.29, 1.82) is 0 Å². The summed E-state index contributed by atoms with van der Waals surface area (Å²) in [7, 11) is 0. The van der Waals surface area contributed by atoms with Gasteiger partial charge in [-0.2, -0.15) is 0 Å². The Balaban J connectivity index is 1.53. The number of carboxylic acid groups (broad SMARTS) is 1. The molecule has 3 aliphatic rings. The number of phenols is 1. The summed E-state index contributed by atoms with van der Waals surface area (Å²) in [5, 5.41) is 131. The Hall–Kier alpha value is -3.77. The van der Waals surface area contributed by atoms with Crippen molar-refractivity contribution < 1.29 is 104 Å². The van der Waals surface area contributed by atoms with E-state index in [1.165, 1.54) is 0 Å². The number of carboxylic acids is 1. The number of non-ortho nitro benzene ring substituents is 1. The van der Waals surface area contributed by atoms with Crippen molar-refractivity contribution in [2.45, 2.75) is 124 Å². The van der Waals surface area contributed by atoms with Gasteiger partial charge in [0.1, 0.15) is 72.8 Å². The molecule has 1 aromatic carbocycles.